The van der Waals surface area contributed by atoms with Crippen molar-refractivity contribution in [3.8, 4) is 5.40 Å². The Morgan fingerprint density at radius 1 is 0.862 bits per heavy atom. The van der Waals surface area contributed by atoms with E-state index in [1.54, 1.807) is 0 Å². The van der Waals surface area contributed by atoms with Crippen LogP contribution in [0.25, 0.3) is 0 Å². The van der Waals surface area contributed by atoms with E-state index in [2.05, 4.69) is 17.6 Å². The van der Waals surface area contributed by atoms with Crippen molar-refractivity contribution in [2.45, 2.75) is 116 Å². The summed E-state index contributed by atoms with van der Waals surface area (Å²) in [7, 11) is 0. The summed E-state index contributed by atoms with van der Waals surface area (Å²) in [6.45, 7) is 6.23. The van der Waals surface area contributed by atoms with Gasteiger partial charge in [0.1, 0.15) is 5.40 Å². The maximum absolute atomic E-state index is 12.3. The van der Waals surface area contributed by atoms with E-state index in [4.69, 9.17) is 5.26 Å². The molecule has 0 aliphatic heterocycles. The number of carbonyl (C=O) groups excluding carboxylic acids is 1. The number of nitrogens with one attached hydrogen (secondary N) is 1. The standard InChI is InChI=1S/C25H40N2OS/c1-4-5-6-7-8-9-10-11-12-13-14-15-16-17-24(28)27-25-21(2)18-23(29-20-26)19-22(25)3/h18-19H,4-17H2,1-3H3,(H,27,28). The molecule has 1 amide bonds. The molecular formula is C25H40N2OS. The number of nitrogens with zero attached hydrogens (tertiary/aromatic N) is 1. The maximum atomic E-state index is 12.3. The highest BCUT2D eigenvalue weighted by Gasteiger charge is 2.09. The average molecular weight is 417 g/mol. The molecule has 0 spiro atoms. The minimum atomic E-state index is 0.0972. The number of unbranched alkanes of at least 4 members (excludes halogenated alkanes) is 12. The number of hydrogen-bond donors (Lipinski definition) is 1. The largest absolute Gasteiger partial charge is 0.326 e. The topological polar surface area (TPSA) is 52.9 Å². The van der Waals surface area contributed by atoms with Crippen LogP contribution in [0.2, 0.25) is 0 Å². The van der Waals surface area contributed by atoms with Gasteiger partial charge in [0.2, 0.25) is 5.91 Å². The molecule has 162 valence electrons. The smallest absolute Gasteiger partial charge is 0.224 e. The third kappa shape index (κ3) is 12.0. The number of amides is 1. The number of aryl methyl sites for hydroxylation is 2. The monoisotopic (exact) mass is 416 g/mol. The third-order valence-electron chi connectivity index (χ3n) is 5.44. The number of thiocyanates is 1. The molecule has 1 rings (SSSR count). The molecule has 1 aromatic rings. The lowest BCUT2D eigenvalue weighted by molar-refractivity contribution is -0.116. The Balaban J connectivity index is 2.07. The Morgan fingerprint density at radius 3 is 1.76 bits per heavy atom. The van der Waals surface area contributed by atoms with Crippen LogP contribution in [0.5, 0.6) is 0 Å². The van der Waals surface area contributed by atoms with E-state index in [1.165, 1.54) is 70.6 Å². The van der Waals surface area contributed by atoms with E-state index < -0.39 is 0 Å². The van der Waals surface area contributed by atoms with E-state index in [0.717, 1.165) is 46.3 Å². The van der Waals surface area contributed by atoms with Gasteiger partial charge in [0.05, 0.1) is 0 Å². The molecule has 0 radical (unpaired) electrons. The molecule has 0 aromatic heterocycles. The molecule has 0 bridgehead atoms. The Kier molecular flexibility index (Phi) is 14.4. The van der Waals surface area contributed by atoms with Crippen LogP contribution in [0.1, 0.15) is 108 Å². The summed E-state index contributed by atoms with van der Waals surface area (Å²) in [6, 6.07) is 3.92. The first kappa shape index (κ1) is 25.6. The van der Waals surface area contributed by atoms with Crippen LogP contribution in [0.3, 0.4) is 0 Å². The van der Waals surface area contributed by atoms with Gasteiger partial charge in [-0.2, -0.15) is 5.26 Å². The highest BCUT2D eigenvalue weighted by atomic mass is 32.2. The normalized spacial score (nSPS) is 10.7. The summed E-state index contributed by atoms with van der Waals surface area (Å²) >= 11 is 1.16. The molecule has 0 saturated carbocycles. The van der Waals surface area contributed by atoms with Crippen molar-refractivity contribution in [3.05, 3.63) is 23.3 Å². The van der Waals surface area contributed by atoms with Gasteiger partial charge in [-0.05, 0) is 55.3 Å². The molecule has 0 unspecified atom stereocenters. The number of benzene rings is 1. The van der Waals surface area contributed by atoms with Crippen molar-refractivity contribution in [2.75, 3.05) is 5.32 Å². The summed E-state index contributed by atoms with van der Waals surface area (Å²) < 4.78 is 0. The zero-order chi connectivity index (χ0) is 21.3. The SMILES string of the molecule is CCCCCCCCCCCCCCCC(=O)Nc1c(C)cc(SC#N)cc1C. The van der Waals surface area contributed by atoms with E-state index in [9.17, 15) is 4.79 Å². The zero-order valence-corrected chi connectivity index (χ0v) is 19.6. The fourth-order valence-corrected chi connectivity index (χ4v) is 4.31. The van der Waals surface area contributed by atoms with Crippen molar-refractivity contribution in [1.29, 1.82) is 5.26 Å². The number of thioether (sulfide) groups is 1. The number of carbonyl (C=O) groups is 1. The zero-order valence-electron chi connectivity index (χ0n) is 18.8. The highest BCUT2D eigenvalue weighted by Crippen LogP contribution is 2.27. The van der Waals surface area contributed by atoms with Gasteiger partial charge in [-0.3, -0.25) is 4.79 Å². The fraction of sp³-hybridized carbons (Fsp3) is 0.680. The van der Waals surface area contributed by atoms with Gasteiger partial charge in [-0.1, -0.05) is 84.0 Å². The molecule has 1 N–H and O–H groups in total. The molecule has 0 saturated heterocycles. The fourth-order valence-electron chi connectivity index (χ4n) is 3.74. The van der Waals surface area contributed by atoms with Crippen LogP contribution in [0.4, 0.5) is 5.69 Å². The van der Waals surface area contributed by atoms with E-state index in [0.29, 0.717) is 6.42 Å². The van der Waals surface area contributed by atoms with Crippen LogP contribution in [-0.4, -0.2) is 5.91 Å². The second kappa shape index (κ2) is 16.3. The molecule has 0 atom stereocenters. The average Bonchev–Trinajstić information content (AvgIpc) is 2.68. The van der Waals surface area contributed by atoms with Gasteiger partial charge in [0.15, 0.2) is 0 Å². The highest BCUT2D eigenvalue weighted by molar-refractivity contribution is 8.03. The lowest BCUT2D eigenvalue weighted by atomic mass is 10.0. The minimum Gasteiger partial charge on any atom is -0.326 e. The summed E-state index contributed by atoms with van der Waals surface area (Å²) in [4.78, 5) is 13.2. The first-order valence-corrected chi connectivity index (χ1v) is 12.4. The van der Waals surface area contributed by atoms with Gasteiger partial charge < -0.3 is 5.32 Å². The Morgan fingerprint density at radius 2 is 1.31 bits per heavy atom. The minimum absolute atomic E-state index is 0.0972. The summed E-state index contributed by atoms with van der Waals surface area (Å²) in [5.74, 6) is 0.0972. The molecule has 0 aliphatic rings. The lowest BCUT2D eigenvalue weighted by Gasteiger charge is -2.13. The molecule has 4 heteroatoms. The van der Waals surface area contributed by atoms with Gasteiger partial charge in [-0.25, -0.2) is 0 Å². The van der Waals surface area contributed by atoms with Crippen molar-refractivity contribution >= 4 is 23.4 Å². The Bertz CT molecular complexity index is 613. The molecular weight excluding hydrogens is 376 g/mol. The molecule has 0 fully saturated rings. The molecule has 0 heterocycles. The second-order valence-corrected chi connectivity index (χ2v) is 9.02. The number of anilines is 1. The van der Waals surface area contributed by atoms with Crippen LogP contribution in [0, 0.1) is 24.5 Å². The van der Waals surface area contributed by atoms with Gasteiger partial charge in [0, 0.05) is 17.0 Å². The molecule has 3 nitrogen and oxygen atoms in total. The number of hydrogen-bond acceptors (Lipinski definition) is 3. The van der Waals surface area contributed by atoms with Crippen molar-refractivity contribution < 1.29 is 4.79 Å². The summed E-state index contributed by atoms with van der Waals surface area (Å²) in [5.41, 5.74) is 2.93. The second-order valence-electron chi connectivity index (χ2n) is 8.17. The molecule has 29 heavy (non-hydrogen) atoms. The maximum Gasteiger partial charge on any atom is 0.224 e. The molecule has 0 aliphatic carbocycles. The number of rotatable bonds is 16. The van der Waals surface area contributed by atoms with Crippen LogP contribution in [0.15, 0.2) is 17.0 Å². The van der Waals surface area contributed by atoms with Crippen molar-refractivity contribution in [3.63, 3.8) is 0 Å². The Hall–Kier alpha value is -1.47. The van der Waals surface area contributed by atoms with Gasteiger partial charge >= 0.3 is 0 Å². The van der Waals surface area contributed by atoms with E-state index >= 15 is 0 Å². The van der Waals surface area contributed by atoms with Crippen LogP contribution < -0.4 is 5.32 Å². The van der Waals surface area contributed by atoms with Gasteiger partial charge in [-0.15, -0.1) is 0 Å². The quantitative estimate of drug-likeness (QED) is 0.167. The van der Waals surface area contributed by atoms with E-state index in [1.807, 2.05) is 26.0 Å². The first-order chi connectivity index (χ1) is 14.1. The number of nitriles is 1. The predicted molar refractivity (Wildman–Crippen MR) is 126 cm³/mol. The summed E-state index contributed by atoms with van der Waals surface area (Å²) in [5, 5.41) is 14.0. The van der Waals surface area contributed by atoms with Crippen LogP contribution in [-0.2, 0) is 4.79 Å². The van der Waals surface area contributed by atoms with Crippen molar-refractivity contribution in [1.82, 2.24) is 0 Å². The third-order valence-corrected chi connectivity index (χ3v) is 6.00. The Labute approximate surface area is 183 Å². The van der Waals surface area contributed by atoms with Gasteiger partial charge in [0.25, 0.3) is 0 Å². The molecule has 1 aromatic carbocycles. The lowest BCUT2D eigenvalue weighted by Crippen LogP contribution is -2.13. The van der Waals surface area contributed by atoms with E-state index in [-0.39, 0.29) is 5.91 Å². The predicted octanol–water partition coefficient (Wildman–Crippen LogP) is 8.30. The summed E-state index contributed by atoms with van der Waals surface area (Å²) in [6.07, 6.45) is 17.7. The first-order valence-electron chi connectivity index (χ1n) is 11.6. The van der Waals surface area contributed by atoms with Crippen molar-refractivity contribution in [2.24, 2.45) is 0 Å². The van der Waals surface area contributed by atoms with Crippen LogP contribution >= 0.6 is 11.8 Å².